The number of carbonyl (C=O) groups excluding carboxylic acids is 1. The minimum Gasteiger partial charge on any atom is -0.387 e. The van der Waals surface area contributed by atoms with Crippen LogP contribution in [0.2, 0.25) is 0 Å². The zero-order chi connectivity index (χ0) is 14.7. The fourth-order valence-electron chi connectivity index (χ4n) is 1.72. The van der Waals surface area contributed by atoms with Gasteiger partial charge in [-0.05, 0) is 25.1 Å². The third kappa shape index (κ3) is 2.90. The van der Waals surface area contributed by atoms with Crippen LogP contribution in [-0.2, 0) is 0 Å². The first-order valence-electron chi connectivity index (χ1n) is 5.92. The lowest BCUT2D eigenvalue weighted by atomic mass is 10.2. The summed E-state index contributed by atoms with van der Waals surface area (Å²) < 4.78 is 25.9. The molecule has 1 heterocycles. The van der Waals surface area contributed by atoms with Crippen molar-refractivity contribution in [2.75, 3.05) is 17.7 Å². The summed E-state index contributed by atoms with van der Waals surface area (Å²) in [5, 5.41) is 5.38. The predicted molar refractivity (Wildman–Crippen MR) is 72.8 cm³/mol. The van der Waals surface area contributed by atoms with Gasteiger partial charge >= 0.3 is 0 Å². The van der Waals surface area contributed by atoms with Crippen molar-refractivity contribution in [3.05, 3.63) is 53.4 Å². The summed E-state index contributed by atoms with van der Waals surface area (Å²) in [5.41, 5.74) is 1.87. The van der Waals surface area contributed by atoms with E-state index in [1.807, 2.05) is 0 Å². The molecule has 0 bridgehead atoms. The van der Waals surface area contributed by atoms with Crippen molar-refractivity contribution in [1.82, 2.24) is 4.98 Å². The van der Waals surface area contributed by atoms with Crippen molar-refractivity contribution in [2.24, 2.45) is 0 Å². The van der Waals surface area contributed by atoms with Crippen LogP contribution in [0, 0.1) is 18.6 Å². The van der Waals surface area contributed by atoms with E-state index in [2.05, 4.69) is 15.6 Å². The molecule has 0 saturated carbocycles. The highest BCUT2D eigenvalue weighted by Gasteiger charge is 2.13. The first kappa shape index (κ1) is 13.9. The van der Waals surface area contributed by atoms with Gasteiger partial charge in [-0.1, -0.05) is 0 Å². The second-order valence-electron chi connectivity index (χ2n) is 4.20. The van der Waals surface area contributed by atoms with Crippen molar-refractivity contribution >= 4 is 17.3 Å². The van der Waals surface area contributed by atoms with Crippen molar-refractivity contribution in [2.45, 2.75) is 6.92 Å². The largest absolute Gasteiger partial charge is 0.387 e. The summed E-state index contributed by atoms with van der Waals surface area (Å²) in [6.07, 6.45) is 1.43. The lowest BCUT2D eigenvalue weighted by Crippen LogP contribution is -2.15. The first-order chi connectivity index (χ1) is 9.51. The van der Waals surface area contributed by atoms with Crippen LogP contribution in [0.25, 0.3) is 0 Å². The number of benzene rings is 1. The minimum atomic E-state index is -1.02. The van der Waals surface area contributed by atoms with Gasteiger partial charge in [-0.25, -0.2) is 8.78 Å². The molecule has 0 fully saturated rings. The van der Waals surface area contributed by atoms with Gasteiger partial charge in [-0.2, -0.15) is 0 Å². The van der Waals surface area contributed by atoms with Crippen LogP contribution in [0.15, 0.2) is 30.5 Å². The molecule has 6 heteroatoms. The average molecular weight is 277 g/mol. The summed E-state index contributed by atoms with van der Waals surface area (Å²) in [4.78, 5) is 16.1. The number of aryl methyl sites for hydroxylation is 1. The number of hydrogen-bond donors (Lipinski definition) is 2. The summed E-state index contributed by atoms with van der Waals surface area (Å²) in [5.74, 6) is -2.43. The molecule has 0 aliphatic rings. The van der Waals surface area contributed by atoms with Gasteiger partial charge in [-0.3, -0.25) is 9.78 Å². The van der Waals surface area contributed by atoms with Crippen LogP contribution in [0.1, 0.15) is 16.1 Å². The van der Waals surface area contributed by atoms with Crippen LogP contribution in [0.3, 0.4) is 0 Å². The number of halogens is 2. The van der Waals surface area contributed by atoms with Crippen molar-refractivity contribution in [3.63, 3.8) is 0 Å². The number of nitrogens with zero attached hydrogens (tertiary/aromatic N) is 1. The van der Waals surface area contributed by atoms with Gasteiger partial charge in [-0.15, -0.1) is 0 Å². The van der Waals surface area contributed by atoms with Gasteiger partial charge in [0.2, 0.25) is 0 Å². The molecule has 0 unspecified atom stereocenters. The zero-order valence-electron chi connectivity index (χ0n) is 11.0. The monoisotopic (exact) mass is 277 g/mol. The van der Waals surface area contributed by atoms with Crippen molar-refractivity contribution in [3.8, 4) is 0 Å². The molecular weight excluding hydrogens is 264 g/mol. The molecule has 20 heavy (non-hydrogen) atoms. The summed E-state index contributed by atoms with van der Waals surface area (Å²) in [6.45, 7) is 1.80. The van der Waals surface area contributed by atoms with Crippen LogP contribution >= 0.6 is 0 Å². The second-order valence-corrected chi connectivity index (χ2v) is 4.20. The van der Waals surface area contributed by atoms with Gasteiger partial charge in [0.25, 0.3) is 5.91 Å². The van der Waals surface area contributed by atoms with E-state index >= 15 is 0 Å². The fraction of sp³-hybridized carbons (Fsp3) is 0.143. The molecule has 2 aromatic rings. The van der Waals surface area contributed by atoms with E-state index in [1.54, 1.807) is 20.0 Å². The Balaban J connectivity index is 2.25. The first-order valence-corrected chi connectivity index (χ1v) is 5.92. The van der Waals surface area contributed by atoms with E-state index in [9.17, 15) is 13.6 Å². The molecule has 0 spiro atoms. The van der Waals surface area contributed by atoms with Crippen molar-refractivity contribution < 1.29 is 13.6 Å². The molecule has 2 N–H and O–H groups in total. The highest BCUT2D eigenvalue weighted by Crippen LogP contribution is 2.18. The molecule has 0 radical (unpaired) electrons. The smallest absolute Gasteiger partial charge is 0.259 e. The SMILES string of the molecule is CNc1cc(C)ncc1C(=O)Nc1ccc(F)c(F)c1. The summed E-state index contributed by atoms with van der Waals surface area (Å²) in [7, 11) is 1.68. The number of amides is 1. The average Bonchev–Trinajstić information content (AvgIpc) is 2.42. The van der Waals surface area contributed by atoms with E-state index in [1.165, 1.54) is 12.3 Å². The lowest BCUT2D eigenvalue weighted by Gasteiger charge is -2.10. The Morgan fingerprint density at radius 3 is 2.60 bits per heavy atom. The third-order valence-electron chi connectivity index (χ3n) is 2.73. The van der Waals surface area contributed by atoms with Gasteiger partial charge in [0.05, 0.1) is 11.3 Å². The number of carbonyl (C=O) groups is 1. The van der Waals surface area contributed by atoms with E-state index < -0.39 is 17.5 Å². The Bertz CT molecular complexity index is 659. The Morgan fingerprint density at radius 1 is 1.20 bits per heavy atom. The Labute approximate surface area is 114 Å². The maximum atomic E-state index is 13.1. The highest BCUT2D eigenvalue weighted by molar-refractivity contribution is 6.07. The molecule has 4 nitrogen and oxygen atoms in total. The molecule has 104 valence electrons. The molecule has 0 saturated heterocycles. The molecule has 1 aromatic carbocycles. The maximum Gasteiger partial charge on any atom is 0.259 e. The van der Waals surface area contributed by atoms with Gasteiger partial charge in [0, 0.05) is 30.7 Å². The zero-order valence-corrected chi connectivity index (χ0v) is 11.0. The normalized spacial score (nSPS) is 10.2. The van der Waals surface area contributed by atoms with Gasteiger partial charge in [0.15, 0.2) is 11.6 Å². The standard InChI is InChI=1S/C14H13F2N3O/c1-8-5-13(17-2)10(7-18-8)14(20)19-9-3-4-11(15)12(16)6-9/h3-7H,1-2H3,(H,17,18)(H,19,20). The number of pyridine rings is 1. The van der Waals surface area contributed by atoms with Gasteiger partial charge < -0.3 is 10.6 Å². The Kier molecular flexibility index (Phi) is 3.93. The topological polar surface area (TPSA) is 54.0 Å². The minimum absolute atomic E-state index is 0.177. The lowest BCUT2D eigenvalue weighted by molar-refractivity contribution is 0.102. The molecular formula is C14H13F2N3O. The maximum absolute atomic E-state index is 13.1. The Hall–Kier alpha value is -2.50. The molecule has 0 aliphatic heterocycles. The van der Waals surface area contributed by atoms with Crippen molar-refractivity contribution in [1.29, 1.82) is 0 Å². The van der Waals surface area contributed by atoms with E-state index in [4.69, 9.17) is 0 Å². The highest BCUT2D eigenvalue weighted by atomic mass is 19.2. The number of nitrogens with one attached hydrogen (secondary N) is 2. The predicted octanol–water partition coefficient (Wildman–Crippen LogP) is 2.96. The fourth-order valence-corrected chi connectivity index (χ4v) is 1.72. The number of aromatic nitrogens is 1. The van der Waals surface area contributed by atoms with E-state index in [-0.39, 0.29) is 5.69 Å². The van der Waals surface area contributed by atoms with Crippen LogP contribution in [0.5, 0.6) is 0 Å². The second kappa shape index (κ2) is 5.64. The van der Waals surface area contributed by atoms with Crippen LogP contribution < -0.4 is 10.6 Å². The van der Waals surface area contributed by atoms with Crippen LogP contribution in [-0.4, -0.2) is 17.9 Å². The molecule has 1 aromatic heterocycles. The third-order valence-corrected chi connectivity index (χ3v) is 2.73. The number of anilines is 2. The molecule has 1 amide bonds. The quantitative estimate of drug-likeness (QED) is 0.907. The van der Waals surface area contributed by atoms with E-state index in [0.29, 0.717) is 11.3 Å². The summed E-state index contributed by atoms with van der Waals surface area (Å²) >= 11 is 0. The summed E-state index contributed by atoms with van der Waals surface area (Å²) in [6, 6.07) is 4.89. The van der Waals surface area contributed by atoms with Crippen LogP contribution in [0.4, 0.5) is 20.2 Å². The van der Waals surface area contributed by atoms with Gasteiger partial charge in [0.1, 0.15) is 0 Å². The molecule has 0 aliphatic carbocycles. The number of hydrogen-bond acceptors (Lipinski definition) is 3. The molecule has 0 atom stereocenters. The Morgan fingerprint density at radius 2 is 1.95 bits per heavy atom. The molecule has 2 rings (SSSR count). The number of rotatable bonds is 3. The van der Waals surface area contributed by atoms with E-state index in [0.717, 1.165) is 17.8 Å².